The number of carbonyl (C=O) groups excluding carboxylic acids is 3. The van der Waals surface area contributed by atoms with Crippen LogP contribution in [0.4, 0.5) is 0 Å². The smallest absolute Gasteiger partial charge is 0.464 e. The molecular weight excluding hydrogens is 328 g/mol. The van der Waals surface area contributed by atoms with Gasteiger partial charge in [0.15, 0.2) is 11.7 Å². The molecule has 0 spiro atoms. The predicted octanol–water partition coefficient (Wildman–Crippen LogP) is 0.974. The van der Waals surface area contributed by atoms with Gasteiger partial charge >= 0.3 is 11.1 Å². The van der Waals surface area contributed by atoms with E-state index in [1.54, 1.807) is 6.92 Å². The maximum atomic E-state index is 11.7. The van der Waals surface area contributed by atoms with Gasteiger partial charge in [-0.2, -0.15) is 4.84 Å². The van der Waals surface area contributed by atoms with E-state index in [1.807, 2.05) is 0 Å². The van der Waals surface area contributed by atoms with Gasteiger partial charge in [-0.05, 0) is 26.2 Å². The fourth-order valence-corrected chi connectivity index (χ4v) is 2.46. The first kappa shape index (κ1) is 21.2. The van der Waals surface area contributed by atoms with Gasteiger partial charge in [0.05, 0.1) is 6.61 Å². The van der Waals surface area contributed by atoms with Gasteiger partial charge in [0, 0.05) is 19.1 Å². The van der Waals surface area contributed by atoms with Crippen molar-refractivity contribution in [2.75, 3.05) is 19.0 Å². The highest BCUT2D eigenvalue weighted by atomic mass is 32.2. The molecular formula is C13H23N2O7S+. The lowest BCUT2D eigenvalue weighted by atomic mass is 10.2. The van der Waals surface area contributed by atoms with Crippen LogP contribution in [0.15, 0.2) is 0 Å². The van der Waals surface area contributed by atoms with Gasteiger partial charge in [-0.15, -0.1) is 0 Å². The van der Waals surface area contributed by atoms with Crippen LogP contribution in [0.3, 0.4) is 0 Å². The Balaban J connectivity index is 3.95. The lowest BCUT2D eigenvalue weighted by Gasteiger charge is -2.15. The molecule has 10 heteroatoms. The molecule has 0 aromatic carbocycles. The zero-order valence-corrected chi connectivity index (χ0v) is 14.1. The zero-order chi connectivity index (χ0) is 17.7. The normalized spacial score (nSPS) is 11.4. The molecule has 0 aliphatic rings. The summed E-state index contributed by atoms with van der Waals surface area (Å²) in [6.07, 6.45) is 2.10. The molecule has 0 bridgehead atoms. The van der Waals surface area contributed by atoms with E-state index in [0.29, 0.717) is 25.7 Å². The third-order valence-corrected chi connectivity index (χ3v) is 3.61. The van der Waals surface area contributed by atoms with E-state index in [2.05, 4.69) is 10.2 Å². The fourth-order valence-electron chi connectivity index (χ4n) is 1.60. The van der Waals surface area contributed by atoms with Gasteiger partial charge in [-0.3, -0.25) is 9.59 Å². The molecule has 0 saturated carbocycles. The van der Waals surface area contributed by atoms with Crippen LogP contribution in [0.2, 0.25) is 0 Å². The molecule has 1 amide bonds. The Morgan fingerprint density at radius 2 is 1.96 bits per heavy atom. The zero-order valence-electron chi connectivity index (χ0n) is 13.3. The number of unbranched alkanes of at least 4 members (excludes halogenated alkanes) is 2. The van der Waals surface area contributed by atoms with Crippen molar-refractivity contribution in [3.05, 3.63) is 4.91 Å². The summed E-state index contributed by atoms with van der Waals surface area (Å²) in [5.41, 5.74) is 0. The number of nitrogens with one attached hydrogen (secondary N) is 1. The van der Waals surface area contributed by atoms with Gasteiger partial charge < -0.3 is 10.1 Å². The van der Waals surface area contributed by atoms with Crippen molar-refractivity contribution in [2.24, 2.45) is 0 Å². The van der Waals surface area contributed by atoms with Crippen LogP contribution < -0.4 is 5.32 Å². The average molecular weight is 351 g/mol. The van der Waals surface area contributed by atoms with Gasteiger partial charge in [0.1, 0.15) is 10.9 Å². The molecule has 0 fully saturated rings. The number of nitrogens with zero attached hydrogens (tertiary/aromatic N) is 1. The lowest BCUT2D eigenvalue weighted by Crippen LogP contribution is -2.42. The fraction of sp³-hybridized carbons (Fsp3) is 0.769. The van der Waals surface area contributed by atoms with Crippen LogP contribution in [0.1, 0.15) is 39.5 Å². The third kappa shape index (κ3) is 12.4. The molecule has 0 aromatic heterocycles. The highest BCUT2D eigenvalue weighted by Gasteiger charge is 2.22. The second-order valence-corrected chi connectivity index (χ2v) is 5.65. The molecule has 2 N–H and O–H groups in total. The monoisotopic (exact) mass is 351 g/mol. The van der Waals surface area contributed by atoms with Crippen LogP contribution in [0.25, 0.3) is 0 Å². The minimum Gasteiger partial charge on any atom is -0.464 e. The maximum Gasteiger partial charge on any atom is 0.475 e. The largest absolute Gasteiger partial charge is 0.475 e. The van der Waals surface area contributed by atoms with Crippen molar-refractivity contribution in [3.63, 3.8) is 0 Å². The summed E-state index contributed by atoms with van der Waals surface area (Å²) in [4.78, 5) is 48.7. The maximum absolute atomic E-state index is 11.7. The lowest BCUT2D eigenvalue weighted by molar-refractivity contribution is -0.975. The molecule has 0 heterocycles. The summed E-state index contributed by atoms with van der Waals surface area (Å²) in [6, 6.07) is -0.845. The molecule has 0 aliphatic carbocycles. The Hall–Kier alpha value is -1.84. The predicted molar refractivity (Wildman–Crippen MR) is 81.5 cm³/mol. The van der Waals surface area contributed by atoms with Crippen LogP contribution in [0, 0.1) is 4.91 Å². The van der Waals surface area contributed by atoms with E-state index >= 15 is 0 Å². The van der Waals surface area contributed by atoms with E-state index in [0.717, 1.165) is 11.8 Å². The summed E-state index contributed by atoms with van der Waals surface area (Å²) in [6.45, 7) is 3.23. The molecule has 0 aliphatic heterocycles. The number of carbonyl (C=O) groups is 3. The number of amides is 1. The topological polar surface area (TPSA) is 122 Å². The first-order chi connectivity index (χ1) is 10.9. The Morgan fingerprint density at radius 1 is 1.26 bits per heavy atom. The molecule has 0 rings (SSSR count). The van der Waals surface area contributed by atoms with Gasteiger partial charge in [-0.25, -0.2) is 10.0 Å². The van der Waals surface area contributed by atoms with Gasteiger partial charge in [-0.1, -0.05) is 11.8 Å². The highest BCUT2D eigenvalue weighted by Crippen LogP contribution is 2.12. The summed E-state index contributed by atoms with van der Waals surface area (Å²) < 4.78 is 4.84. The first-order valence-electron chi connectivity index (χ1n) is 7.25. The Bertz CT molecular complexity index is 417. The van der Waals surface area contributed by atoms with Crippen molar-refractivity contribution in [2.45, 2.75) is 45.6 Å². The molecule has 132 valence electrons. The summed E-state index contributed by atoms with van der Waals surface area (Å²) in [5.74, 6) is -0.811. The number of thioether (sulfide) groups is 1. The first-order valence-corrected chi connectivity index (χ1v) is 8.23. The summed E-state index contributed by atoms with van der Waals surface area (Å²) in [5, 5.41) is 9.95. The van der Waals surface area contributed by atoms with Crippen molar-refractivity contribution in [1.82, 2.24) is 5.32 Å². The van der Waals surface area contributed by atoms with Crippen molar-refractivity contribution < 1.29 is 34.3 Å². The van der Waals surface area contributed by atoms with E-state index in [9.17, 15) is 19.3 Å². The highest BCUT2D eigenvalue weighted by molar-refractivity contribution is 8.13. The Kier molecular flexibility index (Phi) is 11.7. The quantitative estimate of drug-likeness (QED) is 0.303. The minimum absolute atomic E-state index is 0.0782. The van der Waals surface area contributed by atoms with Crippen LogP contribution in [-0.2, 0) is 24.0 Å². The van der Waals surface area contributed by atoms with Crippen LogP contribution in [0.5, 0.6) is 0 Å². The SMILES string of the molecule is CCOC(=O)[C@H](CSC(=O)CCCCCO[N+](=O)O)NC(C)=O. The van der Waals surface area contributed by atoms with Crippen molar-refractivity contribution in [3.8, 4) is 0 Å². The Morgan fingerprint density at radius 3 is 2.52 bits per heavy atom. The van der Waals surface area contributed by atoms with Gasteiger partial charge in [0.25, 0.3) is 0 Å². The molecule has 0 unspecified atom stereocenters. The number of ether oxygens (including phenoxy) is 1. The number of rotatable bonds is 12. The molecule has 0 saturated heterocycles. The van der Waals surface area contributed by atoms with E-state index in [-0.39, 0.29) is 30.0 Å². The third-order valence-electron chi connectivity index (χ3n) is 2.59. The van der Waals surface area contributed by atoms with Crippen molar-refractivity contribution >= 4 is 28.8 Å². The van der Waals surface area contributed by atoms with Crippen LogP contribution >= 0.6 is 11.8 Å². The standard InChI is InChI=1S/C13H22N2O7S/c1-3-21-13(18)11(14-10(2)16)9-23-12(17)7-5-4-6-8-22-15(19)20/h11H,3-9H2,1-2H3,(H-,14,16,19,20)/p+1/t11-/m0/s1. The molecule has 23 heavy (non-hydrogen) atoms. The Labute approximate surface area is 138 Å². The summed E-state index contributed by atoms with van der Waals surface area (Å²) >= 11 is 0.965. The molecule has 1 atom stereocenters. The van der Waals surface area contributed by atoms with E-state index in [1.165, 1.54) is 6.92 Å². The minimum atomic E-state index is -0.845. The number of esters is 1. The molecule has 0 radical (unpaired) electrons. The van der Waals surface area contributed by atoms with E-state index in [4.69, 9.17) is 9.94 Å². The van der Waals surface area contributed by atoms with Crippen LogP contribution in [-0.4, -0.2) is 52.3 Å². The van der Waals surface area contributed by atoms with Gasteiger partial charge in [0.2, 0.25) is 5.91 Å². The second-order valence-electron chi connectivity index (χ2n) is 4.57. The van der Waals surface area contributed by atoms with E-state index < -0.39 is 17.1 Å². The number of hydrogen-bond donors (Lipinski definition) is 2. The average Bonchev–Trinajstić information content (AvgIpc) is 2.46. The molecule has 9 nitrogen and oxygen atoms in total. The molecule has 0 aromatic rings. The number of hydrogen-bond acceptors (Lipinski definition) is 7. The van der Waals surface area contributed by atoms with Crippen molar-refractivity contribution in [1.29, 1.82) is 0 Å². The second kappa shape index (κ2) is 12.7. The summed E-state index contributed by atoms with van der Waals surface area (Å²) in [7, 11) is 0.